The Balaban J connectivity index is 1.94. The molecule has 0 spiro atoms. The van der Waals surface area contributed by atoms with Crippen LogP contribution in [-0.4, -0.2) is 41.3 Å². The lowest BCUT2D eigenvalue weighted by Gasteiger charge is -2.18. The molecule has 5 nitrogen and oxygen atoms in total. The van der Waals surface area contributed by atoms with Gasteiger partial charge in [-0.25, -0.2) is 8.78 Å². The zero-order chi connectivity index (χ0) is 17.7. The van der Waals surface area contributed by atoms with Crippen molar-refractivity contribution in [3.63, 3.8) is 0 Å². The van der Waals surface area contributed by atoms with Gasteiger partial charge in [0.05, 0.1) is 12.1 Å². The lowest BCUT2D eigenvalue weighted by molar-refractivity contribution is -0.132. The largest absolute Gasteiger partial charge is 0.361 e. The van der Waals surface area contributed by atoms with Gasteiger partial charge in [0.1, 0.15) is 11.6 Å². The number of nitrogens with zero attached hydrogens (tertiary/aromatic N) is 1. The molecule has 2 N–H and O–H groups in total. The van der Waals surface area contributed by atoms with Crippen molar-refractivity contribution in [2.45, 2.75) is 13.3 Å². The molecule has 2 aromatic rings. The number of fused-ring (bicyclic) bond motifs is 1. The van der Waals surface area contributed by atoms with E-state index in [-0.39, 0.29) is 24.9 Å². The summed E-state index contributed by atoms with van der Waals surface area (Å²) in [6.45, 7) is 5.77. The first-order valence-corrected chi connectivity index (χ1v) is 7.59. The number of amides is 2. The van der Waals surface area contributed by atoms with E-state index in [2.05, 4.69) is 16.9 Å². The van der Waals surface area contributed by atoms with Crippen LogP contribution in [0.5, 0.6) is 0 Å². The summed E-state index contributed by atoms with van der Waals surface area (Å²) in [6.07, 6.45) is 3.14. The Labute approximate surface area is 138 Å². The monoisotopic (exact) mass is 335 g/mol. The van der Waals surface area contributed by atoms with Crippen molar-refractivity contribution in [1.29, 1.82) is 0 Å². The van der Waals surface area contributed by atoms with Gasteiger partial charge >= 0.3 is 0 Å². The van der Waals surface area contributed by atoms with E-state index < -0.39 is 11.6 Å². The number of hydrogen-bond acceptors (Lipinski definition) is 2. The molecule has 128 valence electrons. The number of aromatic nitrogens is 1. The van der Waals surface area contributed by atoms with Crippen LogP contribution < -0.4 is 5.32 Å². The molecule has 0 unspecified atom stereocenters. The molecule has 1 heterocycles. The van der Waals surface area contributed by atoms with Gasteiger partial charge in [-0.05, 0) is 31.1 Å². The van der Waals surface area contributed by atoms with Crippen molar-refractivity contribution in [2.24, 2.45) is 0 Å². The van der Waals surface area contributed by atoms with Crippen molar-refractivity contribution < 1.29 is 18.4 Å². The van der Waals surface area contributed by atoms with Crippen molar-refractivity contribution in [2.75, 3.05) is 19.6 Å². The van der Waals surface area contributed by atoms with Crippen LogP contribution in [0.15, 0.2) is 31.0 Å². The average Bonchev–Trinajstić information content (AvgIpc) is 2.95. The van der Waals surface area contributed by atoms with E-state index in [9.17, 15) is 18.4 Å². The van der Waals surface area contributed by atoms with Crippen LogP contribution in [0, 0.1) is 11.6 Å². The average molecular weight is 335 g/mol. The molecule has 2 rings (SSSR count). The molecule has 1 aromatic carbocycles. The highest BCUT2D eigenvalue weighted by Gasteiger charge is 2.14. The zero-order valence-corrected chi connectivity index (χ0v) is 13.4. The van der Waals surface area contributed by atoms with Gasteiger partial charge in [0.15, 0.2) is 0 Å². The summed E-state index contributed by atoms with van der Waals surface area (Å²) >= 11 is 0. The number of rotatable bonds is 7. The summed E-state index contributed by atoms with van der Waals surface area (Å²) in [5, 5.41) is 3.00. The highest BCUT2D eigenvalue weighted by Crippen LogP contribution is 2.23. The molecule has 7 heteroatoms. The van der Waals surface area contributed by atoms with Crippen LogP contribution in [0.1, 0.15) is 12.5 Å². The third-order valence-electron chi connectivity index (χ3n) is 3.70. The van der Waals surface area contributed by atoms with Crippen molar-refractivity contribution in [1.82, 2.24) is 15.2 Å². The quantitative estimate of drug-likeness (QED) is 0.762. The SMILES string of the molecule is C=CC(=O)N(CC)CC(=O)NCCc1c[nH]c2cc(F)cc(F)c12. The third kappa shape index (κ3) is 3.98. The predicted octanol–water partition coefficient (Wildman–Crippen LogP) is 2.14. The Bertz CT molecular complexity index is 771. The van der Waals surface area contributed by atoms with Crippen LogP contribution in [0.2, 0.25) is 0 Å². The van der Waals surface area contributed by atoms with E-state index in [0.717, 1.165) is 12.1 Å². The number of nitrogens with one attached hydrogen (secondary N) is 2. The third-order valence-corrected chi connectivity index (χ3v) is 3.70. The summed E-state index contributed by atoms with van der Waals surface area (Å²) < 4.78 is 27.0. The highest BCUT2D eigenvalue weighted by atomic mass is 19.1. The molecule has 0 aliphatic heterocycles. The van der Waals surface area contributed by atoms with Gasteiger partial charge in [0, 0.05) is 30.7 Å². The first kappa shape index (κ1) is 17.7. The number of benzene rings is 1. The van der Waals surface area contributed by atoms with E-state index in [1.165, 1.54) is 11.0 Å². The van der Waals surface area contributed by atoms with E-state index in [4.69, 9.17) is 0 Å². The molecule has 24 heavy (non-hydrogen) atoms. The molecule has 0 bridgehead atoms. The summed E-state index contributed by atoms with van der Waals surface area (Å²) in [5.74, 6) is -1.90. The fraction of sp³-hybridized carbons (Fsp3) is 0.294. The van der Waals surface area contributed by atoms with Crippen LogP contribution in [0.25, 0.3) is 10.9 Å². The van der Waals surface area contributed by atoms with Crippen LogP contribution >= 0.6 is 0 Å². The lowest BCUT2D eigenvalue weighted by Crippen LogP contribution is -2.40. The summed E-state index contributed by atoms with van der Waals surface area (Å²) in [7, 11) is 0. The molecule has 1 aromatic heterocycles. The second-order valence-corrected chi connectivity index (χ2v) is 5.28. The first-order chi connectivity index (χ1) is 11.5. The minimum absolute atomic E-state index is 0.0607. The minimum Gasteiger partial charge on any atom is -0.361 e. The Hall–Kier alpha value is -2.70. The van der Waals surface area contributed by atoms with Gasteiger partial charge in [-0.15, -0.1) is 0 Å². The molecule has 0 fully saturated rings. The maximum Gasteiger partial charge on any atom is 0.246 e. The smallest absolute Gasteiger partial charge is 0.246 e. The molecule has 0 radical (unpaired) electrons. The topological polar surface area (TPSA) is 65.2 Å². The fourth-order valence-electron chi connectivity index (χ4n) is 2.49. The molecular formula is C17H19F2N3O2. The number of likely N-dealkylation sites (N-methyl/N-ethyl adjacent to an activating group) is 1. The maximum absolute atomic E-state index is 13.9. The number of carbonyl (C=O) groups is 2. The molecule has 0 saturated heterocycles. The van der Waals surface area contributed by atoms with Gasteiger partial charge in [-0.2, -0.15) is 0 Å². The molecule has 2 amide bonds. The van der Waals surface area contributed by atoms with E-state index >= 15 is 0 Å². The number of halogens is 2. The lowest BCUT2D eigenvalue weighted by atomic mass is 10.1. The number of H-pyrrole nitrogens is 1. The van der Waals surface area contributed by atoms with Gasteiger partial charge in [0.2, 0.25) is 11.8 Å². The molecule has 0 saturated carbocycles. The molecule has 0 aliphatic rings. The van der Waals surface area contributed by atoms with Crippen molar-refractivity contribution in [3.05, 3.63) is 48.2 Å². The highest BCUT2D eigenvalue weighted by molar-refractivity contribution is 5.91. The number of aromatic amines is 1. The standard InChI is InChI=1S/C17H19F2N3O2/c1-3-16(24)22(4-2)10-15(23)20-6-5-11-9-21-14-8-12(18)7-13(19)17(11)14/h3,7-9,21H,1,4-6,10H2,2H3,(H,20,23). The second kappa shape index (κ2) is 7.72. The van der Waals surface area contributed by atoms with Gasteiger partial charge in [-0.1, -0.05) is 6.58 Å². The Morgan fingerprint density at radius 1 is 1.38 bits per heavy atom. The van der Waals surface area contributed by atoms with Gasteiger partial charge in [0.25, 0.3) is 0 Å². The van der Waals surface area contributed by atoms with Crippen molar-refractivity contribution >= 4 is 22.7 Å². The first-order valence-electron chi connectivity index (χ1n) is 7.59. The van der Waals surface area contributed by atoms with E-state index in [0.29, 0.717) is 29.4 Å². The zero-order valence-electron chi connectivity index (χ0n) is 13.4. The molecule has 0 atom stereocenters. The predicted molar refractivity (Wildman–Crippen MR) is 87.4 cm³/mol. The summed E-state index contributed by atoms with van der Waals surface area (Å²) in [4.78, 5) is 27.5. The number of carbonyl (C=O) groups excluding carboxylic acids is 2. The Kier molecular flexibility index (Phi) is 5.68. The van der Waals surface area contributed by atoms with Crippen LogP contribution in [0.3, 0.4) is 0 Å². The van der Waals surface area contributed by atoms with Gasteiger partial charge < -0.3 is 15.2 Å². The summed E-state index contributed by atoms with van der Waals surface area (Å²) in [5.41, 5.74) is 1.03. The van der Waals surface area contributed by atoms with Gasteiger partial charge in [-0.3, -0.25) is 9.59 Å². The molecule has 0 aliphatic carbocycles. The van der Waals surface area contributed by atoms with Crippen molar-refractivity contribution in [3.8, 4) is 0 Å². The van der Waals surface area contributed by atoms with E-state index in [1.807, 2.05) is 0 Å². The number of hydrogen-bond donors (Lipinski definition) is 2. The maximum atomic E-state index is 13.9. The fourth-order valence-corrected chi connectivity index (χ4v) is 2.49. The Morgan fingerprint density at radius 2 is 2.12 bits per heavy atom. The second-order valence-electron chi connectivity index (χ2n) is 5.28. The van der Waals surface area contributed by atoms with Crippen LogP contribution in [0.4, 0.5) is 8.78 Å². The summed E-state index contributed by atoms with van der Waals surface area (Å²) in [6, 6.07) is 2.05. The van der Waals surface area contributed by atoms with Crippen LogP contribution in [-0.2, 0) is 16.0 Å². The van der Waals surface area contributed by atoms with E-state index in [1.54, 1.807) is 13.1 Å². The minimum atomic E-state index is -0.645. The normalized spacial score (nSPS) is 10.6. The Morgan fingerprint density at radius 3 is 2.79 bits per heavy atom. The molecular weight excluding hydrogens is 316 g/mol.